The summed E-state index contributed by atoms with van der Waals surface area (Å²) < 4.78 is 30.9. The summed E-state index contributed by atoms with van der Waals surface area (Å²) >= 11 is 0.980. The van der Waals surface area contributed by atoms with Crippen molar-refractivity contribution in [3.05, 3.63) is 29.8 Å². The number of rotatable bonds is 6. The van der Waals surface area contributed by atoms with Crippen molar-refractivity contribution in [3.63, 3.8) is 0 Å². The van der Waals surface area contributed by atoms with E-state index in [9.17, 15) is 18.4 Å². The molecule has 0 saturated carbocycles. The molecule has 0 radical (unpaired) electrons. The van der Waals surface area contributed by atoms with Crippen molar-refractivity contribution in [1.29, 1.82) is 0 Å². The summed E-state index contributed by atoms with van der Waals surface area (Å²) in [5.74, 6) is -7.79. The van der Waals surface area contributed by atoms with Gasteiger partial charge in [0.2, 0.25) is 5.78 Å². The molecule has 1 aromatic rings. The fourth-order valence-electron chi connectivity index (χ4n) is 1.29. The van der Waals surface area contributed by atoms with Crippen molar-refractivity contribution in [2.24, 2.45) is 0 Å². The summed E-state index contributed by atoms with van der Waals surface area (Å²) in [6.45, 7) is 3.03. The van der Waals surface area contributed by atoms with Gasteiger partial charge in [0.05, 0.1) is 12.4 Å². The number of carbonyl (C=O) groups is 2. The predicted octanol–water partition coefficient (Wildman–Crippen LogP) is 2.85. The Hall–Kier alpha value is -1.43. The number of carbonyl (C=O) groups excluding carboxylic acids is 2. The molecule has 0 amide bonds. The van der Waals surface area contributed by atoms with E-state index >= 15 is 0 Å². The third kappa shape index (κ3) is 4.02. The van der Waals surface area contributed by atoms with E-state index in [-0.39, 0.29) is 6.61 Å². The van der Waals surface area contributed by atoms with Crippen LogP contribution in [0.3, 0.4) is 0 Å². The molecular formula is C13H14F2O3S. The van der Waals surface area contributed by atoms with Crippen molar-refractivity contribution in [3.8, 4) is 0 Å². The number of ketones is 1. The molecule has 6 heteroatoms. The van der Waals surface area contributed by atoms with Crippen molar-refractivity contribution in [1.82, 2.24) is 0 Å². The molecule has 0 heterocycles. The van der Waals surface area contributed by atoms with Gasteiger partial charge in [-0.1, -0.05) is 18.2 Å². The van der Waals surface area contributed by atoms with Gasteiger partial charge in [0, 0.05) is 4.90 Å². The number of aryl methyl sites for hydroxylation is 1. The molecule has 3 nitrogen and oxygen atoms in total. The normalized spacial score (nSPS) is 11.2. The van der Waals surface area contributed by atoms with Gasteiger partial charge < -0.3 is 4.74 Å². The van der Waals surface area contributed by atoms with E-state index in [1.807, 2.05) is 19.1 Å². The van der Waals surface area contributed by atoms with Crippen LogP contribution in [0.1, 0.15) is 12.5 Å². The lowest BCUT2D eigenvalue weighted by molar-refractivity contribution is -0.175. The molecule has 0 aliphatic carbocycles. The van der Waals surface area contributed by atoms with Crippen LogP contribution < -0.4 is 0 Å². The average Bonchev–Trinajstić information content (AvgIpc) is 2.37. The molecule has 0 N–H and O–H groups in total. The van der Waals surface area contributed by atoms with E-state index < -0.39 is 23.4 Å². The zero-order valence-electron chi connectivity index (χ0n) is 10.6. The van der Waals surface area contributed by atoms with Gasteiger partial charge in [-0.15, -0.1) is 11.8 Å². The minimum atomic E-state index is -4.08. The zero-order valence-corrected chi connectivity index (χ0v) is 11.4. The fraction of sp³-hybridized carbons (Fsp3) is 0.385. The molecule has 0 spiro atoms. The highest BCUT2D eigenvalue weighted by molar-refractivity contribution is 8.00. The highest BCUT2D eigenvalue weighted by Crippen LogP contribution is 2.25. The standard InChI is InChI=1S/C13H14F2O3S/c1-3-18-12(17)13(14,15)11(16)8-19-10-7-5-4-6-9(10)2/h4-7H,3,8H2,1-2H3. The SMILES string of the molecule is CCOC(=O)C(F)(F)C(=O)CSc1ccccc1C. The van der Waals surface area contributed by atoms with Crippen LogP contribution >= 0.6 is 11.8 Å². The first-order valence-corrected chi connectivity index (χ1v) is 6.65. The van der Waals surface area contributed by atoms with Crippen LogP contribution in [-0.4, -0.2) is 30.0 Å². The fourth-order valence-corrected chi connectivity index (χ4v) is 2.23. The number of hydrogen-bond acceptors (Lipinski definition) is 4. The Bertz CT molecular complexity index is 475. The number of halogens is 2. The second kappa shape index (κ2) is 6.65. The summed E-state index contributed by atoms with van der Waals surface area (Å²) in [6.07, 6.45) is 0. The van der Waals surface area contributed by atoms with E-state index in [1.165, 1.54) is 6.92 Å². The number of benzene rings is 1. The summed E-state index contributed by atoms with van der Waals surface area (Å²) in [4.78, 5) is 23.1. The Morgan fingerprint density at radius 2 is 1.95 bits per heavy atom. The van der Waals surface area contributed by atoms with E-state index in [0.29, 0.717) is 0 Å². The Morgan fingerprint density at radius 1 is 1.32 bits per heavy atom. The number of Topliss-reactive ketones (excluding diaryl/α,β-unsaturated/α-hetero) is 1. The Balaban J connectivity index is 2.65. The molecule has 0 fully saturated rings. The topological polar surface area (TPSA) is 43.4 Å². The van der Waals surface area contributed by atoms with Crippen LogP contribution in [0.2, 0.25) is 0 Å². The average molecular weight is 288 g/mol. The lowest BCUT2D eigenvalue weighted by atomic mass is 10.2. The first-order chi connectivity index (χ1) is 8.89. The molecule has 104 valence electrons. The minimum Gasteiger partial charge on any atom is -0.461 e. The Labute approximate surface area is 114 Å². The third-order valence-corrected chi connectivity index (χ3v) is 3.51. The largest absolute Gasteiger partial charge is 0.461 e. The molecule has 0 unspecified atom stereocenters. The molecular weight excluding hydrogens is 274 g/mol. The Morgan fingerprint density at radius 3 is 2.53 bits per heavy atom. The second-order valence-corrected chi connectivity index (χ2v) is 4.79. The molecule has 0 saturated heterocycles. The number of esters is 1. The summed E-state index contributed by atoms with van der Waals surface area (Å²) in [5, 5.41) is 0. The molecule has 0 aromatic heterocycles. The van der Waals surface area contributed by atoms with Gasteiger partial charge in [-0.25, -0.2) is 4.79 Å². The van der Waals surface area contributed by atoms with Crippen LogP contribution in [0.25, 0.3) is 0 Å². The van der Waals surface area contributed by atoms with E-state index in [2.05, 4.69) is 4.74 Å². The minimum absolute atomic E-state index is 0.188. The summed E-state index contributed by atoms with van der Waals surface area (Å²) in [5.41, 5.74) is 0.889. The van der Waals surface area contributed by atoms with E-state index in [1.54, 1.807) is 12.1 Å². The van der Waals surface area contributed by atoms with Crippen LogP contribution in [0.4, 0.5) is 8.78 Å². The van der Waals surface area contributed by atoms with Crippen molar-refractivity contribution < 1.29 is 23.1 Å². The second-order valence-electron chi connectivity index (χ2n) is 3.77. The maximum absolute atomic E-state index is 13.4. The van der Waals surface area contributed by atoms with E-state index in [4.69, 9.17) is 0 Å². The molecule has 0 aliphatic rings. The highest BCUT2D eigenvalue weighted by Gasteiger charge is 2.48. The quantitative estimate of drug-likeness (QED) is 0.458. The highest BCUT2D eigenvalue weighted by atomic mass is 32.2. The number of ether oxygens (including phenoxy) is 1. The van der Waals surface area contributed by atoms with Gasteiger partial charge in [0.15, 0.2) is 0 Å². The maximum atomic E-state index is 13.4. The van der Waals surface area contributed by atoms with Crippen molar-refractivity contribution >= 4 is 23.5 Å². The number of thioether (sulfide) groups is 1. The van der Waals surface area contributed by atoms with Crippen LogP contribution in [-0.2, 0) is 14.3 Å². The smallest absolute Gasteiger partial charge is 0.400 e. The Kier molecular flexibility index (Phi) is 5.47. The number of hydrogen-bond donors (Lipinski definition) is 0. The molecule has 1 rings (SSSR count). The van der Waals surface area contributed by atoms with E-state index in [0.717, 1.165) is 22.2 Å². The molecule has 0 bridgehead atoms. The van der Waals surface area contributed by atoms with Gasteiger partial charge in [-0.3, -0.25) is 4.79 Å². The predicted molar refractivity (Wildman–Crippen MR) is 68.5 cm³/mol. The lowest BCUT2D eigenvalue weighted by Gasteiger charge is -2.13. The van der Waals surface area contributed by atoms with Crippen molar-refractivity contribution in [2.75, 3.05) is 12.4 Å². The molecule has 19 heavy (non-hydrogen) atoms. The van der Waals surface area contributed by atoms with Gasteiger partial charge in [-0.05, 0) is 25.5 Å². The molecule has 1 aromatic carbocycles. The summed E-state index contributed by atoms with van der Waals surface area (Å²) in [6, 6.07) is 7.11. The van der Waals surface area contributed by atoms with Gasteiger partial charge in [0.1, 0.15) is 0 Å². The van der Waals surface area contributed by atoms with Gasteiger partial charge in [0.25, 0.3) is 0 Å². The summed E-state index contributed by atoms with van der Waals surface area (Å²) in [7, 11) is 0. The van der Waals surface area contributed by atoms with Crippen LogP contribution in [0.15, 0.2) is 29.2 Å². The first kappa shape index (κ1) is 15.6. The monoisotopic (exact) mass is 288 g/mol. The molecule has 0 atom stereocenters. The third-order valence-electron chi connectivity index (χ3n) is 2.33. The maximum Gasteiger partial charge on any atom is 0.400 e. The van der Waals surface area contributed by atoms with Gasteiger partial charge in [-0.2, -0.15) is 8.78 Å². The zero-order chi connectivity index (χ0) is 14.5. The van der Waals surface area contributed by atoms with Crippen LogP contribution in [0.5, 0.6) is 0 Å². The molecule has 0 aliphatic heterocycles. The number of alkyl halides is 2. The first-order valence-electron chi connectivity index (χ1n) is 5.66. The lowest BCUT2D eigenvalue weighted by Crippen LogP contribution is -2.40. The van der Waals surface area contributed by atoms with Gasteiger partial charge >= 0.3 is 11.9 Å². The van der Waals surface area contributed by atoms with Crippen LogP contribution in [0, 0.1) is 6.92 Å². The van der Waals surface area contributed by atoms with Crippen molar-refractivity contribution in [2.45, 2.75) is 24.7 Å².